The van der Waals surface area contributed by atoms with Gasteiger partial charge in [-0.3, -0.25) is 24.5 Å². The van der Waals surface area contributed by atoms with Crippen LogP contribution in [0.2, 0.25) is 0 Å². The van der Waals surface area contributed by atoms with Crippen LogP contribution in [-0.4, -0.2) is 91.0 Å². The summed E-state index contributed by atoms with van der Waals surface area (Å²) in [6, 6.07) is -4.98. The van der Waals surface area contributed by atoms with Gasteiger partial charge in [0.1, 0.15) is 18.1 Å². The molecule has 202 valence electrons. The van der Waals surface area contributed by atoms with E-state index in [1.165, 1.54) is 30.8 Å². The Labute approximate surface area is 205 Å². The number of carbonyl (C=O) groups excluding carboxylic acids is 4. The van der Waals surface area contributed by atoms with Crippen LogP contribution < -0.4 is 16.0 Å². The summed E-state index contributed by atoms with van der Waals surface area (Å²) in [5.74, 6) is -2.27. The number of rotatable bonds is 11. The number of nitrogens with zero attached hydrogens (tertiary/aromatic N) is 2. The van der Waals surface area contributed by atoms with Crippen molar-refractivity contribution in [1.82, 2.24) is 25.8 Å². The van der Waals surface area contributed by atoms with E-state index >= 15 is 0 Å². The number of carbonyl (C=O) groups is 4. The maximum Gasteiger partial charge on any atom is 0.405 e. The number of halogens is 3. The molecule has 1 aliphatic heterocycles. The molecule has 0 aliphatic carbocycles. The molecule has 0 radical (unpaired) electrons. The first-order chi connectivity index (χ1) is 16.1. The molecule has 1 fully saturated rings. The van der Waals surface area contributed by atoms with Gasteiger partial charge in [-0.25, -0.2) is 0 Å². The summed E-state index contributed by atoms with van der Waals surface area (Å²) in [6.07, 6.45) is -3.69. The molecule has 0 aromatic heterocycles. The lowest BCUT2D eigenvalue weighted by atomic mass is 10.0. The van der Waals surface area contributed by atoms with Crippen molar-refractivity contribution in [2.24, 2.45) is 11.8 Å². The Balaban J connectivity index is 2.96. The van der Waals surface area contributed by atoms with Crippen molar-refractivity contribution in [2.45, 2.75) is 84.2 Å². The molecular formula is C23H40F3N5O4. The molecule has 35 heavy (non-hydrogen) atoms. The summed E-state index contributed by atoms with van der Waals surface area (Å²) in [5, 5.41) is 7.29. The van der Waals surface area contributed by atoms with Gasteiger partial charge in [0.05, 0.1) is 6.04 Å². The van der Waals surface area contributed by atoms with Gasteiger partial charge in [0.2, 0.25) is 23.6 Å². The number of alkyl halides is 3. The normalized spacial score (nSPS) is 18.9. The Hall–Kier alpha value is -2.37. The molecule has 0 spiro atoms. The zero-order valence-corrected chi connectivity index (χ0v) is 21.7. The van der Waals surface area contributed by atoms with Gasteiger partial charge in [-0.05, 0) is 31.1 Å². The first kappa shape index (κ1) is 30.7. The molecule has 0 unspecified atom stereocenters. The fourth-order valence-corrected chi connectivity index (χ4v) is 4.07. The maximum absolute atomic E-state index is 13.8. The van der Waals surface area contributed by atoms with Crippen molar-refractivity contribution >= 4 is 23.6 Å². The van der Waals surface area contributed by atoms with Crippen LogP contribution in [0.25, 0.3) is 0 Å². The summed E-state index contributed by atoms with van der Waals surface area (Å²) in [7, 11) is 2.94. The number of likely N-dealkylation sites (tertiary alicyclic amines) is 1. The van der Waals surface area contributed by atoms with Crippen LogP contribution in [0.5, 0.6) is 0 Å². The molecule has 0 aromatic carbocycles. The van der Waals surface area contributed by atoms with Gasteiger partial charge in [-0.2, -0.15) is 13.2 Å². The fourth-order valence-electron chi connectivity index (χ4n) is 4.07. The van der Waals surface area contributed by atoms with Crippen molar-refractivity contribution in [3.8, 4) is 0 Å². The monoisotopic (exact) mass is 507 g/mol. The number of likely N-dealkylation sites (N-methyl/N-ethyl adjacent to an activating group) is 1. The van der Waals surface area contributed by atoms with Crippen molar-refractivity contribution < 1.29 is 32.3 Å². The van der Waals surface area contributed by atoms with Crippen LogP contribution in [0.4, 0.5) is 13.2 Å². The van der Waals surface area contributed by atoms with Crippen molar-refractivity contribution in [1.29, 1.82) is 0 Å². The van der Waals surface area contributed by atoms with Crippen LogP contribution in [0.3, 0.4) is 0 Å². The average Bonchev–Trinajstić information content (AvgIpc) is 3.21. The molecular weight excluding hydrogens is 467 g/mol. The lowest BCUT2D eigenvalue weighted by Gasteiger charge is -2.32. The van der Waals surface area contributed by atoms with Crippen molar-refractivity contribution in [3.63, 3.8) is 0 Å². The van der Waals surface area contributed by atoms with Crippen LogP contribution >= 0.6 is 0 Å². The molecule has 1 aliphatic rings. The predicted molar refractivity (Wildman–Crippen MR) is 125 cm³/mol. The SMILES string of the molecule is CC(=O)N[C@H](C(=O)N1CCC[C@@H]1C(=O)NC[C@@H](N[C@@H](CC(C)C)C(=O)N(C)C)C(F)(F)F)C(C)C. The molecule has 1 saturated heterocycles. The Kier molecular flexibility index (Phi) is 11.5. The number of nitrogens with one attached hydrogen (secondary N) is 3. The van der Waals surface area contributed by atoms with E-state index in [4.69, 9.17) is 0 Å². The summed E-state index contributed by atoms with van der Waals surface area (Å²) < 4.78 is 41.4. The topological polar surface area (TPSA) is 111 Å². The van der Waals surface area contributed by atoms with Gasteiger partial charge in [-0.1, -0.05) is 27.7 Å². The number of hydrogen-bond acceptors (Lipinski definition) is 5. The van der Waals surface area contributed by atoms with Gasteiger partial charge >= 0.3 is 6.18 Å². The third-order valence-electron chi connectivity index (χ3n) is 5.85. The molecule has 0 bridgehead atoms. The second kappa shape index (κ2) is 13.1. The van der Waals surface area contributed by atoms with E-state index in [0.717, 1.165) is 0 Å². The van der Waals surface area contributed by atoms with Gasteiger partial charge in [0.25, 0.3) is 0 Å². The Morgan fingerprint density at radius 2 is 1.69 bits per heavy atom. The van der Waals surface area contributed by atoms with E-state index in [-0.39, 0.29) is 30.7 Å². The zero-order valence-electron chi connectivity index (χ0n) is 21.7. The Morgan fingerprint density at radius 1 is 1.09 bits per heavy atom. The highest BCUT2D eigenvalue weighted by Gasteiger charge is 2.43. The molecule has 12 heteroatoms. The third-order valence-corrected chi connectivity index (χ3v) is 5.85. The third kappa shape index (κ3) is 9.30. The second-order valence-electron chi connectivity index (χ2n) is 10.0. The molecule has 4 amide bonds. The summed E-state index contributed by atoms with van der Waals surface area (Å²) in [4.78, 5) is 52.4. The molecule has 0 saturated carbocycles. The summed E-state index contributed by atoms with van der Waals surface area (Å²) >= 11 is 0. The van der Waals surface area contributed by atoms with Crippen LogP contribution in [-0.2, 0) is 19.2 Å². The number of amides is 4. The maximum atomic E-state index is 13.8. The molecule has 1 heterocycles. The highest BCUT2D eigenvalue weighted by Crippen LogP contribution is 2.23. The van der Waals surface area contributed by atoms with Gasteiger partial charge in [0, 0.05) is 34.1 Å². The zero-order chi connectivity index (χ0) is 27.1. The summed E-state index contributed by atoms with van der Waals surface area (Å²) in [6.45, 7) is 7.90. The highest BCUT2D eigenvalue weighted by molar-refractivity contribution is 5.92. The van der Waals surface area contributed by atoms with E-state index in [1.54, 1.807) is 27.7 Å². The van der Waals surface area contributed by atoms with E-state index < -0.39 is 54.6 Å². The minimum atomic E-state index is -4.71. The van der Waals surface area contributed by atoms with Crippen LogP contribution in [0, 0.1) is 11.8 Å². The quantitative estimate of drug-likeness (QED) is 0.390. The second-order valence-corrected chi connectivity index (χ2v) is 10.0. The lowest BCUT2D eigenvalue weighted by Crippen LogP contribution is -2.59. The van der Waals surface area contributed by atoms with Gasteiger partial charge in [0.15, 0.2) is 0 Å². The van der Waals surface area contributed by atoms with Gasteiger partial charge < -0.3 is 20.4 Å². The van der Waals surface area contributed by atoms with Crippen LogP contribution in [0.15, 0.2) is 0 Å². The average molecular weight is 508 g/mol. The van der Waals surface area contributed by atoms with Crippen molar-refractivity contribution in [2.75, 3.05) is 27.2 Å². The Bertz CT molecular complexity index is 758. The van der Waals surface area contributed by atoms with E-state index in [1.807, 2.05) is 0 Å². The largest absolute Gasteiger partial charge is 0.405 e. The smallest absolute Gasteiger partial charge is 0.352 e. The van der Waals surface area contributed by atoms with Crippen LogP contribution in [0.1, 0.15) is 53.9 Å². The van der Waals surface area contributed by atoms with E-state index in [2.05, 4.69) is 16.0 Å². The number of hydrogen-bond donors (Lipinski definition) is 3. The predicted octanol–water partition coefficient (Wildman–Crippen LogP) is 1.28. The first-order valence-electron chi connectivity index (χ1n) is 11.9. The molecule has 1 rings (SSSR count). The molecule has 4 atom stereocenters. The molecule has 0 aromatic rings. The summed E-state index contributed by atoms with van der Waals surface area (Å²) in [5.41, 5.74) is 0. The van der Waals surface area contributed by atoms with E-state index in [9.17, 15) is 32.3 Å². The fraction of sp³-hybridized carbons (Fsp3) is 0.826. The standard InChI is InChI=1S/C23H40F3N5O4/c1-13(2)11-16(21(34)30(6)7)29-18(23(24,25)26)12-27-20(33)17-9-8-10-31(17)22(35)19(14(3)4)28-15(5)32/h13-14,16-19,29H,8-12H2,1-7H3,(H,27,33)(H,28,32)/t16-,17+,18+,19-/m0/s1. The highest BCUT2D eigenvalue weighted by atomic mass is 19.4. The van der Waals surface area contributed by atoms with Gasteiger partial charge in [-0.15, -0.1) is 0 Å². The first-order valence-corrected chi connectivity index (χ1v) is 11.9. The minimum Gasteiger partial charge on any atom is -0.352 e. The molecule has 3 N–H and O–H groups in total. The minimum absolute atomic E-state index is 0.0320. The Morgan fingerprint density at radius 3 is 2.14 bits per heavy atom. The molecule has 9 nitrogen and oxygen atoms in total. The lowest BCUT2D eigenvalue weighted by molar-refractivity contribution is -0.160. The van der Waals surface area contributed by atoms with E-state index in [0.29, 0.717) is 12.8 Å². The van der Waals surface area contributed by atoms with Crippen molar-refractivity contribution in [3.05, 3.63) is 0 Å².